The van der Waals surface area contributed by atoms with Crippen molar-refractivity contribution in [3.05, 3.63) is 0 Å². The van der Waals surface area contributed by atoms with Gasteiger partial charge in [0.2, 0.25) is 11.8 Å². The zero-order valence-electron chi connectivity index (χ0n) is 13.9. The fraction of sp³-hybridized carbons (Fsp3) is 0.882. The van der Waals surface area contributed by atoms with Crippen LogP contribution in [-0.2, 0) is 14.3 Å². The van der Waals surface area contributed by atoms with Gasteiger partial charge < -0.3 is 4.74 Å². The van der Waals surface area contributed by atoms with Crippen LogP contribution in [0.15, 0.2) is 0 Å². The Morgan fingerprint density at radius 3 is 2.38 bits per heavy atom. The van der Waals surface area contributed by atoms with E-state index in [0.29, 0.717) is 25.3 Å². The van der Waals surface area contributed by atoms with Crippen molar-refractivity contribution in [3.8, 4) is 0 Å². The second-order valence-electron chi connectivity index (χ2n) is 7.28. The number of carbonyl (C=O) groups excluding carboxylic acids is 2. The van der Waals surface area contributed by atoms with Crippen molar-refractivity contribution < 1.29 is 14.3 Å². The number of nitrogens with zero attached hydrogens (tertiary/aromatic N) is 1. The molecule has 2 aliphatic heterocycles. The third-order valence-electron chi connectivity index (χ3n) is 5.74. The first-order chi connectivity index (χ1) is 9.82. The van der Waals surface area contributed by atoms with Crippen LogP contribution in [0.25, 0.3) is 0 Å². The Morgan fingerprint density at radius 2 is 1.86 bits per heavy atom. The van der Waals surface area contributed by atoms with E-state index in [1.165, 1.54) is 4.90 Å². The normalized spacial score (nSPS) is 34.0. The number of carbonyl (C=O) groups is 2. The molecule has 2 aliphatic rings. The van der Waals surface area contributed by atoms with Crippen molar-refractivity contribution in [1.82, 2.24) is 4.90 Å². The SMILES string of the molecule is CC[C@@]1(C)C[C@](CCN2C(=O)CCC2=O)(C(C)C)CCO1. The molecule has 0 aliphatic carbocycles. The van der Waals surface area contributed by atoms with Gasteiger partial charge in [-0.05, 0) is 43.9 Å². The number of ether oxygens (including phenoxy) is 1. The standard InChI is InChI=1S/C17H29NO3/c1-5-16(4)12-17(13(2)3,9-11-21-16)8-10-18-14(19)6-7-15(18)20/h13H,5-12H2,1-4H3/t16-,17+/m0/s1. The molecule has 2 atom stereocenters. The number of hydrogen-bond acceptors (Lipinski definition) is 3. The number of likely N-dealkylation sites (tertiary alicyclic amines) is 1. The molecular formula is C17H29NO3. The van der Waals surface area contributed by atoms with Crippen molar-refractivity contribution in [3.63, 3.8) is 0 Å². The third kappa shape index (κ3) is 3.31. The molecule has 4 heteroatoms. The Balaban J connectivity index is 2.08. The quantitative estimate of drug-likeness (QED) is 0.732. The summed E-state index contributed by atoms with van der Waals surface area (Å²) in [7, 11) is 0. The van der Waals surface area contributed by atoms with Crippen molar-refractivity contribution in [2.24, 2.45) is 11.3 Å². The molecule has 2 saturated heterocycles. The molecule has 0 saturated carbocycles. The summed E-state index contributed by atoms with van der Waals surface area (Å²) in [6, 6.07) is 0. The van der Waals surface area contributed by atoms with Gasteiger partial charge >= 0.3 is 0 Å². The van der Waals surface area contributed by atoms with Crippen LogP contribution < -0.4 is 0 Å². The average Bonchev–Trinajstić information content (AvgIpc) is 2.76. The summed E-state index contributed by atoms with van der Waals surface area (Å²) in [5.74, 6) is 0.536. The first-order valence-corrected chi connectivity index (χ1v) is 8.29. The number of hydrogen-bond donors (Lipinski definition) is 0. The third-order valence-corrected chi connectivity index (χ3v) is 5.74. The van der Waals surface area contributed by atoms with Crippen molar-refractivity contribution >= 4 is 11.8 Å². The van der Waals surface area contributed by atoms with E-state index in [1.807, 2.05) is 0 Å². The first-order valence-electron chi connectivity index (χ1n) is 8.29. The van der Waals surface area contributed by atoms with Gasteiger partial charge in [0, 0.05) is 26.0 Å². The van der Waals surface area contributed by atoms with E-state index in [1.54, 1.807) is 0 Å². The maximum atomic E-state index is 11.8. The second kappa shape index (κ2) is 6.07. The average molecular weight is 295 g/mol. The Morgan fingerprint density at radius 1 is 1.24 bits per heavy atom. The fourth-order valence-corrected chi connectivity index (χ4v) is 3.81. The lowest BCUT2D eigenvalue weighted by atomic mass is 9.64. The topological polar surface area (TPSA) is 46.6 Å². The number of amides is 2. The summed E-state index contributed by atoms with van der Waals surface area (Å²) in [5.41, 5.74) is 0.105. The smallest absolute Gasteiger partial charge is 0.229 e. The van der Waals surface area contributed by atoms with Crippen LogP contribution in [0.1, 0.15) is 66.2 Å². The maximum Gasteiger partial charge on any atom is 0.229 e. The Kier molecular flexibility index (Phi) is 4.76. The van der Waals surface area contributed by atoms with E-state index in [4.69, 9.17) is 4.74 Å². The molecule has 0 bridgehead atoms. The summed E-state index contributed by atoms with van der Waals surface area (Å²) in [4.78, 5) is 25.1. The van der Waals surface area contributed by atoms with E-state index >= 15 is 0 Å². The molecule has 0 aromatic heterocycles. The molecule has 2 amide bonds. The van der Waals surface area contributed by atoms with Gasteiger partial charge in [-0.2, -0.15) is 0 Å². The highest BCUT2D eigenvalue weighted by atomic mass is 16.5. The maximum absolute atomic E-state index is 11.8. The van der Waals surface area contributed by atoms with Gasteiger partial charge in [0.1, 0.15) is 0 Å². The minimum absolute atomic E-state index is 0.00391. The lowest BCUT2D eigenvalue weighted by Gasteiger charge is -2.49. The predicted molar refractivity (Wildman–Crippen MR) is 81.7 cm³/mol. The molecule has 0 N–H and O–H groups in total. The molecule has 120 valence electrons. The van der Waals surface area contributed by atoms with Crippen molar-refractivity contribution in [1.29, 1.82) is 0 Å². The first kappa shape index (κ1) is 16.5. The van der Waals surface area contributed by atoms with Gasteiger partial charge in [-0.1, -0.05) is 20.8 Å². The molecule has 0 unspecified atom stereocenters. The summed E-state index contributed by atoms with van der Waals surface area (Å²) in [5, 5.41) is 0. The highest BCUT2D eigenvalue weighted by Crippen LogP contribution is 2.48. The van der Waals surface area contributed by atoms with Crippen molar-refractivity contribution in [2.75, 3.05) is 13.2 Å². The van der Waals surface area contributed by atoms with Crippen LogP contribution >= 0.6 is 0 Å². The largest absolute Gasteiger partial charge is 0.375 e. The monoisotopic (exact) mass is 295 g/mol. The predicted octanol–water partition coefficient (Wildman–Crippen LogP) is 3.15. The molecule has 0 spiro atoms. The Hall–Kier alpha value is -0.900. The van der Waals surface area contributed by atoms with Gasteiger partial charge in [0.05, 0.1) is 5.60 Å². The minimum Gasteiger partial charge on any atom is -0.375 e. The highest BCUT2D eigenvalue weighted by molar-refractivity contribution is 6.01. The van der Waals surface area contributed by atoms with E-state index in [-0.39, 0.29) is 22.8 Å². The minimum atomic E-state index is -0.0679. The Bertz CT molecular complexity index is 404. The summed E-state index contributed by atoms with van der Waals surface area (Å²) in [6.07, 6.45) is 4.73. The van der Waals surface area contributed by atoms with Crippen LogP contribution in [0.5, 0.6) is 0 Å². The fourth-order valence-electron chi connectivity index (χ4n) is 3.81. The highest BCUT2D eigenvalue weighted by Gasteiger charge is 2.44. The van der Waals surface area contributed by atoms with Crippen LogP contribution in [0.3, 0.4) is 0 Å². The molecule has 2 fully saturated rings. The van der Waals surface area contributed by atoms with Gasteiger partial charge in [0.25, 0.3) is 0 Å². The van der Waals surface area contributed by atoms with Crippen LogP contribution in [0.4, 0.5) is 0 Å². The van der Waals surface area contributed by atoms with Crippen molar-refractivity contribution in [2.45, 2.75) is 71.8 Å². The second-order valence-corrected chi connectivity index (χ2v) is 7.28. The zero-order chi connectivity index (χ0) is 15.7. The van der Waals surface area contributed by atoms with Gasteiger partial charge in [-0.3, -0.25) is 14.5 Å². The molecule has 2 heterocycles. The zero-order valence-corrected chi connectivity index (χ0v) is 13.9. The van der Waals surface area contributed by atoms with E-state index in [0.717, 1.165) is 32.3 Å². The van der Waals surface area contributed by atoms with E-state index in [2.05, 4.69) is 27.7 Å². The molecule has 0 aromatic carbocycles. The summed E-state index contributed by atoms with van der Waals surface area (Å²) >= 11 is 0. The molecule has 0 aromatic rings. The van der Waals surface area contributed by atoms with Crippen LogP contribution in [0.2, 0.25) is 0 Å². The van der Waals surface area contributed by atoms with E-state index in [9.17, 15) is 9.59 Å². The summed E-state index contributed by atoms with van der Waals surface area (Å²) in [6.45, 7) is 10.2. The van der Waals surface area contributed by atoms with Crippen LogP contribution in [0, 0.1) is 11.3 Å². The number of imide groups is 1. The van der Waals surface area contributed by atoms with Gasteiger partial charge in [-0.25, -0.2) is 0 Å². The molecular weight excluding hydrogens is 266 g/mol. The molecule has 0 radical (unpaired) electrons. The molecule has 4 nitrogen and oxygen atoms in total. The summed E-state index contributed by atoms with van der Waals surface area (Å²) < 4.78 is 5.99. The lowest BCUT2D eigenvalue weighted by Crippen LogP contribution is -2.47. The van der Waals surface area contributed by atoms with Gasteiger partial charge in [0.15, 0.2) is 0 Å². The van der Waals surface area contributed by atoms with Gasteiger partial charge in [-0.15, -0.1) is 0 Å². The van der Waals surface area contributed by atoms with E-state index < -0.39 is 0 Å². The number of rotatable bonds is 5. The molecule has 2 rings (SSSR count). The lowest BCUT2D eigenvalue weighted by molar-refractivity contribution is -0.144. The van der Waals surface area contributed by atoms with Crippen LogP contribution in [-0.4, -0.2) is 35.5 Å². The molecule has 21 heavy (non-hydrogen) atoms. The Labute approximate surface area is 128 Å².